The Balaban J connectivity index is 2.05. The number of rotatable bonds is 2. The van der Waals surface area contributed by atoms with Crippen molar-refractivity contribution in [2.24, 2.45) is 5.73 Å². The van der Waals surface area contributed by atoms with Gasteiger partial charge in [0.15, 0.2) is 0 Å². The maximum absolute atomic E-state index is 6.16. The molecule has 0 saturated heterocycles. The maximum Gasteiger partial charge on any atom is 0.0595 e. The van der Waals surface area contributed by atoms with E-state index in [9.17, 15) is 0 Å². The first-order valence-electron chi connectivity index (χ1n) is 6.94. The second-order valence-corrected chi connectivity index (χ2v) is 6.18. The van der Waals surface area contributed by atoms with Crippen LogP contribution in [-0.4, -0.2) is 6.54 Å². The molecule has 2 atom stereocenters. The Kier molecular flexibility index (Phi) is 4.02. The summed E-state index contributed by atoms with van der Waals surface area (Å²) < 4.78 is 0. The molecule has 3 rings (SSSR count). The summed E-state index contributed by atoms with van der Waals surface area (Å²) in [6.45, 7) is 0.713. The fourth-order valence-electron chi connectivity index (χ4n) is 3.20. The van der Waals surface area contributed by atoms with Crippen molar-refractivity contribution < 1.29 is 0 Å². The van der Waals surface area contributed by atoms with E-state index in [1.54, 1.807) is 0 Å². The highest BCUT2D eigenvalue weighted by molar-refractivity contribution is 6.42. The number of halogens is 2. The average molecular weight is 306 g/mol. The first-order chi connectivity index (χ1) is 9.70. The summed E-state index contributed by atoms with van der Waals surface area (Å²) in [5.41, 5.74) is 9.91. The van der Waals surface area contributed by atoms with E-state index >= 15 is 0 Å². The maximum atomic E-state index is 6.16. The van der Waals surface area contributed by atoms with Crippen molar-refractivity contribution in [1.29, 1.82) is 0 Å². The number of benzene rings is 2. The highest BCUT2D eigenvalue weighted by atomic mass is 35.5. The summed E-state index contributed by atoms with van der Waals surface area (Å²) in [5.74, 6) is 0.869. The first kappa shape index (κ1) is 13.9. The van der Waals surface area contributed by atoms with Crippen LogP contribution in [-0.2, 0) is 0 Å². The smallest absolute Gasteiger partial charge is 0.0595 e. The Morgan fingerprint density at radius 3 is 2.40 bits per heavy atom. The van der Waals surface area contributed by atoms with Gasteiger partial charge in [-0.2, -0.15) is 0 Å². The summed E-state index contributed by atoms with van der Waals surface area (Å²) in [4.78, 5) is 0. The van der Waals surface area contributed by atoms with Crippen molar-refractivity contribution in [3.63, 3.8) is 0 Å². The molecule has 0 spiro atoms. The molecule has 0 bridgehead atoms. The van der Waals surface area contributed by atoms with Gasteiger partial charge in [-0.1, -0.05) is 53.5 Å². The second-order valence-electron chi connectivity index (χ2n) is 5.37. The van der Waals surface area contributed by atoms with Gasteiger partial charge in [0, 0.05) is 5.92 Å². The van der Waals surface area contributed by atoms with E-state index in [1.165, 1.54) is 16.7 Å². The van der Waals surface area contributed by atoms with E-state index in [4.69, 9.17) is 28.9 Å². The molecule has 104 valence electrons. The molecule has 0 radical (unpaired) electrons. The summed E-state index contributed by atoms with van der Waals surface area (Å²) in [6, 6.07) is 14.6. The normalized spacial score (nSPS) is 21.6. The highest BCUT2D eigenvalue weighted by Gasteiger charge is 2.27. The van der Waals surface area contributed by atoms with Gasteiger partial charge < -0.3 is 5.73 Å². The van der Waals surface area contributed by atoms with Crippen LogP contribution >= 0.6 is 23.2 Å². The molecule has 20 heavy (non-hydrogen) atoms. The van der Waals surface area contributed by atoms with Crippen LogP contribution in [0.5, 0.6) is 0 Å². The van der Waals surface area contributed by atoms with Crippen LogP contribution in [0.1, 0.15) is 41.4 Å². The third kappa shape index (κ3) is 2.46. The van der Waals surface area contributed by atoms with Crippen molar-refractivity contribution >= 4 is 23.2 Å². The monoisotopic (exact) mass is 305 g/mol. The Hall–Kier alpha value is -1.02. The van der Waals surface area contributed by atoms with E-state index < -0.39 is 0 Å². The van der Waals surface area contributed by atoms with Crippen LogP contribution in [0.15, 0.2) is 42.5 Å². The van der Waals surface area contributed by atoms with Gasteiger partial charge in [-0.15, -0.1) is 0 Å². The lowest BCUT2D eigenvalue weighted by molar-refractivity contribution is 0.523. The van der Waals surface area contributed by atoms with E-state index in [0.717, 1.165) is 12.8 Å². The van der Waals surface area contributed by atoms with Gasteiger partial charge >= 0.3 is 0 Å². The fourth-order valence-corrected chi connectivity index (χ4v) is 3.51. The second kappa shape index (κ2) is 5.77. The molecular weight excluding hydrogens is 289 g/mol. The Morgan fingerprint density at radius 2 is 1.70 bits per heavy atom. The topological polar surface area (TPSA) is 26.0 Å². The zero-order valence-corrected chi connectivity index (χ0v) is 12.7. The molecule has 0 heterocycles. The van der Waals surface area contributed by atoms with Crippen LogP contribution in [0, 0.1) is 0 Å². The van der Waals surface area contributed by atoms with Crippen LogP contribution in [0.25, 0.3) is 0 Å². The lowest BCUT2D eigenvalue weighted by Crippen LogP contribution is -2.21. The predicted octanol–water partition coefficient (Wildman–Crippen LogP) is 4.96. The molecule has 2 N–H and O–H groups in total. The highest BCUT2D eigenvalue weighted by Crippen LogP contribution is 2.42. The molecule has 1 aliphatic carbocycles. The molecular formula is C17H17Cl2N. The van der Waals surface area contributed by atoms with Crippen LogP contribution in [0.4, 0.5) is 0 Å². The Morgan fingerprint density at radius 1 is 0.950 bits per heavy atom. The van der Waals surface area contributed by atoms with Gasteiger partial charge in [0.05, 0.1) is 10.0 Å². The van der Waals surface area contributed by atoms with E-state index in [1.807, 2.05) is 12.1 Å². The molecule has 2 unspecified atom stereocenters. The fraction of sp³-hybridized carbons (Fsp3) is 0.294. The van der Waals surface area contributed by atoms with Crippen molar-refractivity contribution in [3.05, 3.63) is 69.2 Å². The zero-order chi connectivity index (χ0) is 14.1. The predicted molar refractivity (Wildman–Crippen MR) is 85.8 cm³/mol. The summed E-state index contributed by atoms with van der Waals surface area (Å²) in [6.07, 6.45) is 2.23. The Bertz CT molecular complexity index is 624. The van der Waals surface area contributed by atoms with Crippen molar-refractivity contribution in [1.82, 2.24) is 0 Å². The van der Waals surface area contributed by atoms with Gasteiger partial charge in [0.1, 0.15) is 0 Å². The molecule has 1 nitrogen and oxygen atoms in total. The largest absolute Gasteiger partial charge is 0.330 e. The van der Waals surface area contributed by atoms with Crippen LogP contribution in [0.3, 0.4) is 0 Å². The number of fused-ring (bicyclic) bond motifs is 1. The summed E-state index contributed by atoms with van der Waals surface area (Å²) in [5, 5.41) is 1.24. The minimum atomic E-state index is 0.392. The van der Waals surface area contributed by atoms with E-state index in [2.05, 4.69) is 30.3 Å². The standard InChI is InChI=1S/C17H17Cl2N/c18-16-8-6-11(9-17(16)19)14-7-5-12(10-20)13-3-1-2-4-15(13)14/h1-4,6,8-9,12,14H,5,7,10,20H2. The van der Waals surface area contributed by atoms with E-state index in [-0.39, 0.29) is 0 Å². The number of hydrogen-bond acceptors (Lipinski definition) is 1. The zero-order valence-electron chi connectivity index (χ0n) is 11.2. The molecule has 2 aromatic rings. The molecule has 0 aromatic heterocycles. The lowest BCUT2D eigenvalue weighted by atomic mass is 9.74. The lowest BCUT2D eigenvalue weighted by Gasteiger charge is -2.31. The first-order valence-corrected chi connectivity index (χ1v) is 7.70. The van der Waals surface area contributed by atoms with Gasteiger partial charge in [-0.05, 0) is 54.1 Å². The van der Waals surface area contributed by atoms with Gasteiger partial charge in [-0.25, -0.2) is 0 Å². The quantitative estimate of drug-likeness (QED) is 0.833. The van der Waals surface area contributed by atoms with E-state index in [0.29, 0.717) is 28.4 Å². The van der Waals surface area contributed by atoms with Crippen LogP contribution < -0.4 is 5.73 Å². The van der Waals surface area contributed by atoms with Crippen molar-refractivity contribution in [2.75, 3.05) is 6.54 Å². The molecule has 2 aromatic carbocycles. The molecule has 0 fully saturated rings. The molecule has 0 amide bonds. The molecule has 3 heteroatoms. The molecule has 0 aliphatic heterocycles. The van der Waals surface area contributed by atoms with Crippen molar-refractivity contribution in [3.8, 4) is 0 Å². The molecule has 1 aliphatic rings. The minimum Gasteiger partial charge on any atom is -0.330 e. The van der Waals surface area contributed by atoms with Gasteiger partial charge in [0.25, 0.3) is 0 Å². The minimum absolute atomic E-state index is 0.392. The summed E-state index contributed by atoms with van der Waals surface area (Å²) >= 11 is 12.2. The SMILES string of the molecule is NCC1CCC(c2ccc(Cl)c(Cl)c2)c2ccccc21. The third-order valence-electron chi connectivity index (χ3n) is 4.25. The van der Waals surface area contributed by atoms with Gasteiger partial charge in [-0.3, -0.25) is 0 Å². The van der Waals surface area contributed by atoms with Crippen LogP contribution in [0.2, 0.25) is 10.0 Å². The third-order valence-corrected chi connectivity index (χ3v) is 4.98. The summed E-state index contributed by atoms with van der Waals surface area (Å²) in [7, 11) is 0. The number of hydrogen-bond donors (Lipinski definition) is 1. The Labute approximate surface area is 129 Å². The number of nitrogens with two attached hydrogens (primary N) is 1. The van der Waals surface area contributed by atoms with Gasteiger partial charge in [0.2, 0.25) is 0 Å². The average Bonchev–Trinajstić information content (AvgIpc) is 2.49. The van der Waals surface area contributed by atoms with Crippen molar-refractivity contribution in [2.45, 2.75) is 24.7 Å². The molecule has 0 saturated carbocycles.